The lowest BCUT2D eigenvalue weighted by atomic mass is 9.97. The lowest BCUT2D eigenvalue weighted by molar-refractivity contribution is -0.121. The molecule has 0 fully saturated rings. The summed E-state index contributed by atoms with van der Waals surface area (Å²) in [6.07, 6.45) is 1.06. The summed E-state index contributed by atoms with van der Waals surface area (Å²) in [5.41, 5.74) is 9.10. The number of aryl methyl sites for hydroxylation is 2. The van der Waals surface area contributed by atoms with E-state index in [-0.39, 0.29) is 18.4 Å². The minimum atomic E-state index is -0.0574. The van der Waals surface area contributed by atoms with Gasteiger partial charge >= 0.3 is 0 Å². The predicted octanol–water partition coefficient (Wildman–Crippen LogP) is 2.55. The van der Waals surface area contributed by atoms with E-state index in [1.807, 2.05) is 0 Å². The molecule has 0 aliphatic heterocycles. The molecule has 0 saturated carbocycles. The summed E-state index contributed by atoms with van der Waals surface area (Å²) in [7, 11) is 0. The van der Waals surface area contributed by atoms with E-state index in [1.165, 1.54) is 22.5 Å². The monoisotopic (exact) mass is 304 g/mol. The van der Waals surface area contributed by atoms with Crippen LogP contribution in [0.15, 0.2) is 18.2 Å². The number of benzene rings is 1. The van der Waals surface area contributed by atoms with Crippen LogP contribution in [0.25, 0.3) is 0 Å². The van der Waals surface area contributed by atoms with E-state index in [9.17, 15) is 4.79 Å². The second kappa shape index (κ2) is 6.67. The van der Waals surface area contributed by atoms with Crippen molar-refractivity contribution in [2.75, 3.05) is 5.73 Å². The number of carbonyl (C=O) groups excluding carboxylic acids is 1. The second-order valence-electron chi connectivity index (χ2n) is 5.10. The van der Waals surface area contributed by atoms with Crippen LogP contribution in [-0.2, 0) is 11.2 Å². The smallest absolute Gasteiger partial charge is 0.227 e. The van der Waals surface area contributed by atoms with Crippen LogP contribution in [0, 0.1) is 13.8 Å². The SMILES string of the molecule is CC[C@@H](NC(=O)Cc1nnc(N)s1)c1ccc(C)cc1C. The van der Waals surface area contributed by atoms with Crippen molar-refractivity contribution in [1.82, 2.24) is 15.5 Å². The Labute approximate surface area is 128 Å². The Morgan fingerprint density at radius 1 is 1.38 bits per heavy atom. The molecule has 2 aromatic rings. The highest BCUT2D eigenvalue weighted by Gasteiger charge is 2.16. The molecule has 1 aromatic carbocycles. The average molecular weight is 304 g/mol. The number of amides is 1. The van der Waals surface area contributed by atoms with Gasteiger partial charge < -0.3 is 11.1 Å². The number of nitrogens with two attached hydrogens (primary N) is 1. The molecule has 0 unspecified atom stereocenters. The summed E-state index contributed by atoms with van der Waals surface area (Å²) in [4.78, 5) is 12.1. The third-order valence-corrected chi connectivity index (χ3v) is 4.09. The van der Waals surface area contributed by atoms with Gasteiger partial charge in [0.15, 0.2) is 0 Å². The topological polar surface area (TPSA) is 80.9 Å². The molecule has 3 N–H and O–H groups in total. The van der Waals surface area contributed by atoms with Crippen LogP contribution >= 0.6 is 11.3 Å². The van der Waals surface area contributed by atoms with Crippen molar-refractivity contribution in [1.29, 1.82) is 0 Å². The lowest BCUT2D eigenvalue weighted by Gasteiger charge is -2.19. The standard InChI is InChI=1S/C15H20N4OS/c1-4-12(11-6-5-9(2)7-10(11)3)17-13(20)8-14-18-19-15(16)21-14/h5-7,12H,4,8H2,1-3H3,(H2,16,19)(H,17,20)/t12-/m1/s1. The Balaban J connectivity index is 2.06. The zero-order valence-electron chi connectivity index (χ0n) is 12.5. The van der Waals surface area contributed by atoms with Gasteiger partial charge in [-0.15, -0.1) is 10.2 Å². The van der Waals surface area contributed by atoms with Crippen molar-refractivity contribution in [3.63, 3.8) is 0 Å². The largest absolute Gasteiger partial charge is 0.374 e. The minimum absolute atomic E-state index is 0.0170. The van der Waals surface area contributed by atoms with E-state index in [0.717, 1.165) is 12.0 Å². The first-order valence-corrected chi connectivity index (χ1v) is 7.75. The molecule has 6 heteroatoms. The number of anilines is 1. The number of carbonyl (C=O) groups is 1. The number of nitrogens with one attached hydrogen (secondary N) is 1. The van der Waals surface area contributed by atoms with Gasteiger partial charge in [-0.3, -0.25) is 4.79 Å². The third-order valence-electron chi connectivity index (χ3n) is 3.34. The normalized spacial score (nSPS) is 12.1. The van der Waals surface area contributed by atoms with Gasteiger partial charge in [0.2, 0.25) is 11.0 Å². The third kappa shape index (κ3) is 4.01. The van der Waals surface area contributed by atoms with Crippen LogP contribution in [0.2, 0.25) is 0 Å². The van der Waals surface area contributed by atoms with E-state index in [0.29, 0.717) is 10.1 Å². The summed E-state index contributed by atoms with van der Waals surface area (Å²) in [5, 5.41) is 11.7. The highest BCUT2D eigenvalue weighted by Crippen LogP contribution is 2.22. The maximum absolute atomic E-state index is 12.1. The molecule has 0 aliphatic carbocycles. The van der Waals surface area contributed by atoms with Crippen LogP contribution in [0.1, 0.15) is 41.1 Å². The Bertz CT molecular complexity index is 638. The van der Waals surface area contributed by atoms with Crippen LogP contribution in [0.5, 0.6) is 0 Å². The van der Waals surface area contributed by atoms with Gasteiger partial charge in [-0.2, -0.15) is 0 Å². The van der Waals surface area contributed by atoms with Crippen molar-refractivity contribution < 1.29 is 4.79 Å². The molecule has 0 spiro atoms. The molecule has 1 heterocycles. The summed E-state index contributed by atoms with van der Waals surface area (Å²) >= 11 is 1.25. The molecule has 112 valence electrons. The Morgan fingerprint density at radius 2 is 2.14 bits per heavy atom. The van der Waals surface area contributed by atoms with Gasteiger partial charge in [0.25, 0.3) is 0 Å². The Morgan fingerprint density at radius 3 is 2.71 bits per heavy atom. The minimum Gasteiger partial charge on any atom is -0.374 e. The zero-order chi connectivity index (χ0) is 15.4. The summed E-state index contributed by atoms with van der Waals surface area (Å²) < 4.78 is 0. The number of aromatic nitrogens is 2. The summed E-state index contributed by atoms with van der Waals surface area (Å²) in [6.45, 7) is 6.20. The Kier molecular flexibility index (Phi) is 4.90. The second-order valence-corrected chi connectivity index (χ2v) is 6.19. The quantitative estimate of drug-likeness (QED) is 0.889. The number of nitrogens with zero attached hydrogens (tertiary/aromatic N) is 2. The van der Waals surface area contributed by atoms with E-state index in [4.69, 9.17) is 5.73 Å². The molecule has 1 amide bonds. The number of nitrogen functional groups attached to an aromatic ring is 1. The van der Waals surface area contributed by atoms with Crippen molar-refractivity contribution in [2.45, 2.75) is 39.7 Å². The highest BCUT2D eigenvalue weighted by molar-refractivity contribution is 7.15. The van der Waals surface area contributed by atoms with Crippen molar-refractivity contribution >= 4 is 22.4 Å². The highest BCUT2D eigenvalue weighted by atomic mass is 32.1. The van der Waals surface area contributed by atoms with Crippen molar-refractivity contribution in [2.24, 2.45) is 0 Å². The fraction of sp³-hybridized carbons (Fsp3) is 0.400. The van der Waals surface area contributed by atoms with Crippen LogP contribution in [0.3, 0.4) is 0 Å². The molecule has 1 atom stereocenters. The number of hydrogen-bond acceptors (Lipinski definition) is 5. The lowest BCUT2D eigenvalue weighted by Crippen LogP contribution is -2.30. The van der Waals surface area contributed by atoms with Gasteiger partial charge in [0, 0.05) is 0 Å². The van der Waals surface area contributed by atoms with Crippen LogP contribution in [0.4, 0.5) is 5.13 Å². The fourth-order valence-electron chi connectivity index (χ4n) is 2.34. The zero-order valence-corrected chi connectivity index (χ0v) is 13.3. The molecule has 1 aromatic heterocycles. The maximum Gasteiger partial charge on any atom is 0.227 e. The molecule has 21 heavy (non-hydrogen) atoms. The molecule has 0 radical (unpaired) electrons. The first kappa shape index (κ1) is 15.4. The summed E-state index contributed by atoms with van der Waals surface area (Å²) in [6, 6.07) is 6.31. The fourth-order valence-corrected chi connectivity index (χ4v) is 2.95. The van der Waals surface area contributed by atoms with Crippen LogP contribution < -0.4 is 11.1 Å². The molecule has 2 rings (SSSR count). The van der Waals surface area contributed by atoms with Crippen molar-refractivity contribution in [3.05, 3.63) is 39.9 Å². The first-order chi connectivity index (χ1) is 9.99. The van der Waals surface area contributed by atoms with Gasteiger partial charge in [-0.05, 0) is 31.4 Å². The van der Waals surface area contributed by atoms with Gasteiger partial charge in [-0.1, -0.05) is 42.0 Å². The first-order valence-electron chi connectivity index (χ1n) is 6.94. The van der Waals surface area contributed by atoms with Gasteiger partial charge in [0.1, 0.15) is 5.01 Å². The molecule has 0 saturated heterocycles. The molecule has 0 bridgehead atoms. The molecule has 0 aliphatic rings. The van der Waals surface area contributed by atoms with Crippen molar-refractivity contribution in [3.8, 4) is 0 Å². The number of rotatable bonds is 5. The predicted molar refractivity (Wildman–Crippen MR) is 85.1 cm³/mol. The van der Waals surface area contributed by atoms with E-state index in [2.05, 4.69) is 54.5 Å². The van der Waals surface area contributed by atoms with E-state index >= 15 is 0 Å². The van der Waals surface area contributed by atoms with E-state index in [1.54, 1.807) is 0 Å². The molecule has 5 nitrogen and oxygen atoms in total. The Hall–Kier alpha value is -1.95. The number of hydrogen-bond donors (Lipinski definition) is 2. The molecular weight excluding hydrogens is 284 g/mol. The molecular formula is C15H20N4OS. The van der Waals surface area contributed by atoms with Gasteiger partial charge in [-0.25, -0.2) is 0 Å². The van der Waals surface area contributed by atoms with E-state index < -0.39 is 0 Å². The maximum atomic E-state index is 12.1. The summed E-state index contributed by atoms with van der Waals surface area (Å²) in [5.74, 6) is -0.0574. The van der Waals surface area contributed by atoms with Gasteiger partial charge in [0.05, 0.1) is 12.5 Å². The van der Waals surface area contributed by atoms with Crippen LogP contribution in [-0.4, -0.2) is 16.1 Å². The average Bonchev–Trinajstić information content (AvgIpc) is 2.82.